The number of rotatable bonds is 2. The van der Waals surface area contributed by atoms with Crippen molar-refractivity contribution in [3.05, 3.63) is 12.2 Å². The summed E-state index contributed by atoms with van der Waals surface area (Å²) in [7, 11) is 1.74. The molecular weight excluding hydrogens is 154 g/mol. The summed E-state index contributed by atoms with van der Waals surface area (Å²) in [4.78, 5) is 15.5. The molecule has 2 atom stereocenters. The standard InChI is InChI=1S/C8H11N3O/c1-5-3-6(5)7(12)8-9-4-10-11(8)2/h4-6H,3H2,1-2H3. The van der Waals surface area contributed by atoms with Gasteiger partial charge in [0.25, 0.3) is 0 Å². The molecule has 1 aliphatic carbocycles. The predicted octanol–water partition coefficient (Wildman–Crippen LogP) is 0.654. The van der Waals surface area contributed by atoms with Crippen LogP contribution in [0.1, 0.15) is 24.0 Å². The Bertz CT molecular complexity index is 318. The van der Waals surface area contributed by atoms with Gasteiger partial charge in [-0.1, -0.05) is 6.92 Å². The first-order valence-corrected chi connectivity index (χ1v) is 4.08. The molecule has 0 bridgehead atoms. The van der Waals surface area contributed by atoms with Crippen molar-refractivity contribution >= 4 is 5.78 Å². The molecule has 1 aliphatic rings. The Labute approximate surface area is 70.6 Å². The molecule has 0 saturated heterocycles. The average Bonchev–Trinajstić information content (AvgIpc) is 2.59. The predicted molar refractivity (Wildman–Crippen MR) is 42.6 cm³/mol. The maximum Gasteiger partial charge on any atom is 0.203 e. The highest BCUT2D eigenvalue weighted by Gasteiger charge is 2.41. The molecule has 0 N–H and O–H groups in total. The van der Waals surface area contributed by atoms with Crippen molar-refractivity contribution in [1.29, 1.82) is 0 Å². The number of carbonyl (C=O) groups is 1. The van der Waals surface area contributed by atoms with E-state index in [-0.39, 0.29) is 11.7 Å². The molecule has 0 aliphatic heterocycles. The van der Waals surface area contributed by atoms with E-state index in [1.807, 2.05) is 0 Å². The Morgan fingerprint density at radius 2 is 2.42 bits per heavy atom. The highest BCUT2D eigenvalue weighted by Crippen LogP contribution is 2.39. The SMILES string of the molecule is CC1CC1C(=O)c1ncnn1C. The first-order chi connectivity index (χ1) is 5.70. The molecule has 1 saturated carbocycles. The van der Waals surface area contributed by atoms with E-state index < -0.39 is 0 Å². The second kappa shape index (κ2) is 2.40. The van der Waals surface area contributed by atoms with Crippen LogP contribution in [0.2, 0.25) is 0 Å². The van der Waals surface area contributed by atoms with Crippen LogP contribution in [0.5, 0.6) is 0 Å². The second-order valence-electron chi connectivity index (χ2n) is 3.39. The summed E-state index contributed by atoms with van der Waals surface area (Å²) in [5.74, 6) is 1.37. The molecule has 0 aromatic carbocycles. The zero-order valence-corrected chi connectivity index (χ0v) is 7.19. The minimum Gasteiger partial charge on any atom is -0.290 e. The van der Waals surface area contributed by atoms with Gasteiger partial charge in [-0.25, -0.2) is 9.67 Å². The molecular formula is C8H11N3O. The van der Waals surface area contributed by atoms with Crippen LogP contribution in [0.25, 0.3) is 0 Å². The molecule has 2 unspecified atom stereocenters. The van der Waals surface area contributed by atoms with Gasteiger partial charge < -0.3 is 0 Å². The van der Waals surface area contributed by atoms with Crippen molar-refractivity contribution in [2.24, 2.45) is 18.9 Å². The van der Waals surface area contributed by atoms with Crippen LogP contribution in [-0.4, -0.2) is 20.5 Å². The summed E-state index contributed by atoms with van der Waals surface area (Å²) in [5, 5.41) is 3.86. The van der Waals surface area contributed by atoms with Crippen molar-refractivity contribution in [3.8, 4) is 0 Å². The third kappa shape index (κ3) is 1.03. The van der Waals surface area contributed by atoms with Gasteiger partial charge in [0.15, 0.2) is 5.82 Å². The van der Waals surface area contributed by atoms with Crippen molar-refractivity contribution in [2.75, 3.05) is 0 Å². The van der Waals surface area contributed by atoms with Gasteiger partial charge in [0.2, 0.25) is 5.78 Å². The van der Waals surface area contributed by atoms with E-state index in [2.05, 4.69) is 17.0 Å². The quantitative estimate of drug-likeness (QED) is 0.604. The number of ketones is 1. The van der Waals surface area contributed by atoms with Gasteiger partial charge in [0.05, 0.1) is 0 Å². The largest absolute Gasteiger partial charge is 0.290 e. The zero-order chi connectivity index (χ0) is 8.72. The fourth-order valence-corrected chi connectivity index (χ4v) is 1.37. The van der Waals surface area contributed by atoms with E-state index in [0.29, 0.717) is 11.7 Å². The molecule has 4 heteroatoms. The highest BCUT2D eigenvalue weighted by atomic mass is 16.1. The number of Topliss-reactive ketones (excluding diaryl/α,β-unsaturated/α-hetero) is 1. The van der Waals surface area contributed by atoms with Crippen molar-refractivity contribution in [1.82, 2.24) is 14.8 Å². The number of carbonyl (C=O) groups excluding carboxylic acids is 1. The van der Waals surface area contributed by atoms with E-state index in [9.17, 15) is 4.79 Å². The monoisotopic (exact) mass is 165 g/mol. The Kier molecular flexibility index (Phi) is 1.49. The minimum absolute atomic E-state index is 0.141. The molecule has 1 aromatic rings. The van der Waals surface area contributed by atoms with Crippen LogP contribution in [0, 0.1) is 11.8 Å². The summed E-state index contributed by atoms with van der Waals surface area (Å²) in [6.45, 7) is 2.08. The molecule has 0 radical (unpaired) electrons. The van der Waals surface area contributed by atoms with Crippen LogP contribution >= 0.6 is 0 Å². The number of aryl methyl sites for hydroxylation is 1. The molecule has 1 fully saturated rings. The summed E-state index contributed by atoms with van der Waals surface area (Å²) in [6.07, 6.45) is 2.42. The molecule has 0 amide bonds. The minimum atomic E-state index is 0.141. The zero-order valence-electron chi connectivity index (χ0n) is 7.19. The van der Waals surface area contributed by atoms with Gasteiger partial charge in [-0.15, -0.1) is 0 Å². The lowest BCUT2D eigenvalue weighted by Crippen LogP contribution is -2.10. The number of hydrogen-bond donors (Lipinski definition) is 0. The summed E-state index contributed by atoms with van der Waals surface area (Å²) < 4.78 is 1.54. The molecule has 1 aromatic heterocycles. The molecule has 1 heterocycles. The number of aromatic nitrogens is 3. The normalized spacial score (nSPS) is 27.2. The molecule has 0 spiro atoms. The summed E-state index contributed by atoms with van der Waals surface area (Å²) >= 11 is 0. The molecule has 2 rings (SSSR count). The van der Waals surface area contributed by atoms with E-state index in [0.717, 1.165) is 6.42 Å². The van der Waals surface area contributed by atoms with Crippen LogP contribution in [-0.2, 0) is 7.05 Å². The number of nitrogens with zero attached hydrogens (tertiary/aromatic N) is 3. The van der Waals surface area contributed by atoms with Gasteiger partial charge in [-0.2, -0.15) is 5.10 Å². The Morgan fingerprint density at radius 3 is 2.83 bits per heavy atom. The van der Waals surface area contributed by atoms with Gasteiger partial charge in [0, 0.05) is 13.0 Å². The average molecular weight is 165 g/mol. The first-order valence-electron chi connectivity index (χ1n) is 4.08. The van der Waals surface area contributed by atoms with Crippen molar-refractivity contribution in [3.63, 3.8) is 0 Å². The van der Waals surface area contributed by atoms with Gasteiger partial charge in [0.1, 0.15) is 6.33 Å². The Balaban J connectivity index is 2.20. The third-order valence-corrected chi connectivity index (χ3v) is 2.38. The fourth-order valence-electron chi connectivity index (χ4n) is 1.37. The molecule has 64 valence electrons. The van der Waals surface area contributed by atoms with E-state index in [1.54, 1.807) is 7.05 Å². The topological polar surface area (TPSA) is 47.8 Å². The lowest BCUT2D eigenvalue weighted by atomic mass is 10.2. The van der Waals surface area contributed by atoms with Crippen LogP contribution in [0.4, 0.5) is 0 Å². The van der Waals surface area contributed by atoms with E-state index >= 15 is 0 Å². The van der Waals surface area contributed by atoms with Crippen molar-refractivity contribution < 1.29 is 4.79 Å². The smallest absolute Gasteiger partial charge is 0.203 e. The second-order valence-corrected chi connectivity index (χ2v) is 3.39. The maximum absolute atomic E-state index is 11.6. The van der Waals surface area contributed by atoms with Gasteiger partial charge in [-0.3, -0.25) is 4.79 Å². The van der Waals surface area contributed by atoms with Crippen LogP contribution in [0.15, 0.2) is 6.33 Å². The molecule has 4 nitrogen and oxygen atoms in total. The first kappa shape index (κ1) is 7.46. The van der Waals surface area contributed by atoms with Crippen LogP contribution in [0.3, 0.4) is 0 Å². The fraction of sp³-hybridized carbons (Fsp3) is 0.625. The molecule has 12 heavy (non-hydrogen) atoms. The highest BCUT2D eigenvalue weighted by molar-refractivity contribution is 5.96. The Hall–Kier alpha value is -1.19. The van der Waals surface area contributed by atoms with Crippen molar-refractivity contribution in [2.45, 2.75) is 13.3 Å². The van der Waals surface area contributed by atoms with E-state index in [4.69, 9.17) is 0 Å². The third-order valence-electron chi connectivity index (χ3n) is 2.38. The lowest BCUT2D eigenvalue weighted by Gasteiger charge is -1.96. The summed E-state index contributed by atoms with van der Waals surface area (Å²) in [6, 6.07) is 0. The number of hydrogen-bond acceptors (Lipinski definition) is 3. The van der Waals surface area contributed by atoms with E-state index in [1.165, 1.54) is 11.0 Å². The lowest BCUT2D eigenvalue weighted by molar-refractivity contribution is 0.0948. The maximum atomic E-state index is 11.6. The van der Waals surface area contributed by atoms with Gasteiger partial charge >= 0.3 is 0 Å². The summed E-state index contributed by atoms with van der Waals surface area (Å²) in [5.41, 5.74) is 0. The Morgan fingerprint density at radius 1 is 1.75 bits per heavy atom. The van der Waals surface area contributed by atoms with Gasteiger partial charge in [-0.05, 0) is 12.3 Å². The van der Waals surface area contributed by atoms with Crippen LogP contribution < -0.4 is 0 Å².